The zero-order chi connectivity index (χ0) is 21.3. The van der Waals surface area contributed by atoms with E-state index in [1.807, 2.05) is 6.07 Å². The van der Waals surface area contributed by atoms with Gasteiger partial charge in [-0.2, -0.15) is 0 Å². The van der Waals surface area contributed by atoms with E-state index >= 15 is 0 Å². The summed E-state index contributed by atoms with van der Waals surface area (Å²) in [5.41, 5.74) is 1.66. The van der Waals surface area contributed by atoms with Crippen LogP contribution in [0.4, 0.5) is 5.69 Å². The summed E-state index contributed by atoms with van der Waals surface area (Å²) in [6.45, 7) is 1.98. The molecule has 0 aliphatic rings. The zero-order valence-electron chi connectivity index (χ0n) is 16.8. The topological polar surface area (TPSA) is 89.5 Å². The molecule has 2 amide bonds. The highest BCUT2D eigenvalue weighted by molar-refractivity contribution is 6.04. The normalized spacial score (nSPS) is 11.3. The summed E-state index contributed by atoms with van der Waals surface area (Å²) >= 11 is 0. The van der Waals surface area contributed by atoms with Gasteiger partial charge >= 0.3 is 0 Å². The lowest BCUT2D eigenvalue weighted by molar-refractivity contribution is -0.122. The summed E-state index contributed by atoms with van der Waals surface area (Å²) < 4.78 is 10.9. The third kappa shape index (κ3) is 5.57. The van der Waals surface area contributed by atoms with E-state index in [0.717, 1.165) is 5.56 Å². The van der Waals surface area contributed by atoms with Gasteiger partial charge in [-0.25, -0.2) is 0 Å². The van der Waals surface area contributed by atoms with Gasteiger partial charge in [-0.3, -0.25) is 14.6 Å². The van der Waals surface area contributed by atoms with E-state index < -0.39 is 6.10 Å². The predicted octanol–water partition coefficient (Wildman–Crippen LogP) is 3.43. The van der Waals surface area contributed by atoms with Crippen molar-refractivity contribution in [1.82, 2.24) is 10.3 Å². The first-order valence-corrected chi connectivity index (χ1v) is 9.44. The molecule has 0 bridgehead atoms. The molecule has 1 unspecified atom stereocenters. The summed E-state index contributed by atoms with van der Waals surface area (Å²) in [5, 5.41) is 5.61. The zero-order valence-corrected chi connectivity index (χ0v) is 16.8. The second kappa shape index (κ2) is 10.1. The molecule has 1 heterocycles. The van der Waals surface area contributed by atoms with E-state index in [1.165, 1.54) is 0 Å². The molecular formula is C23H23N3O4. The van der Waals surface area contributed by atoms with E-state index in [9.17, 15) is 9.59 Å². The van der Waals surface area contributed by atoms with E-state index in [0.29, 0.717) is 29.3 Å². The smallest absolute Gasteiger partial charge is 0.265 e. The molecule has 1 atom stereocenters. The fourth-order valence-electron chi connectivity index (χ4n) is 2.74. The molecule has 0 radical (unpaired) electrons. The maximum Gasteiger partial charge on any atom is 0.265 e. The van der Waals surface area contributed by atoms with Gasteiger partial charge in [0.2, 0.25) is 0 Å². The Morgan fingerprint density at radius 3 is 2.60 bits per heavy atom. The molecule has 3 rings (SSSR count). The molecule has 3 aromatic rings. The van der Waals surface area contributed by atoms with Crippen molar-refractivity contribution in [3.63, 3.8) is 0 Å². The molecule has 2 N–H and O–H groups in total. The van der Waals surface area contributed by atoms with E-state index in [4.69, 9.17) is 9.47 Å². The number of anilines is 1. The summed E-state index contributed by atoms with van der Waals surface area (Å²) in [4.78, 5) is 29.3. The lowest BCUT2D eigenvalue weighted by Crippen LogP contribution is -2.31. The quantitative estimate of drug-likeness (QED) is 0.599. The highest BCUT2D eigenvalue weighted by Crippen LogP contribution is 2.21. The fraction of sp³-hybridized carbons (Fsp3) is 0.174. The van der Waals surface area contributed by atoms with Gasteiger partial charge in [0.25, 0.3) is 11.8 Å². The second-order valence-electron chi connectivity index (χ2n) is 6.52. The number of benzene rings is 2. The Morgan fingerprint density at radius 1 is 1.03 bits per heavy atom. The van der Waals surface area contributed by atoms with Crippen LogP contribution in [0.1, 0.15) is 22.8 Å². The van der Waals surface area contributed by atoms with Gasteiger partial charge in [-0.05, 0) is 42.8 Å². The maximum atomic E-state index is 12.6. The van der Waals surface area contributed by atoms with Crippen LogP contribution in [-0.4, -0.2) is 30.0 Å². The molecule has 154 valence electrons. The van der Waals surface area contributed by atoms with Crippen LogP contribution in [0.3, 0.4) is 0 Å². The van der Waals surface area contributed by atoms with Crippen LogP contribution in [0, 0.1) is 0 Å². The number of nitrogens with zero attached hydrogens (tertiary/aromatic N) is 1. The van der Waals surface area contributed by atoms with Crippen molar-refractivity contribution in [3.05, 3.63) is 84.2 Å². The summed E-state index contributed by atoms with van der Waals surface area (Å²) in [5.74, 6) is 0.483. The molecule has 0 aliphatic carbocycles. The number of hydrogen-bond donors (Lipinski definition) is 2. The highest BCUT2D eigenvalue weighted by atomic mass is 16.5. The Kier molecular flexibility index (Phi) is 7.00. The molecule has 2 aromatic carbocycles. The first-order valence-electron chi connectivity index (χ1n) is 9.44. The Hall–Kier alpha value is -3.87. The maximum absolute atomic E-state index is 12.6. The summed E-state index contributed by atoms with van der Waals surface area (Å²) in [6.07, 6.45) is 2.58. The van der Waals surface area contributed by atoms with Crippen LogP contribution in [0.25, 0.3) is 0 Å². The molecule has 30 heavy (non-hydrogen) atoms. The molecule has 0 saturated carbocycles. The number of hydrogen-bond acceptors (Lipinski definition) is 5. The third-order valence-corrected chi connectivity index (χ3v) is 4.33. The van der Waals surface area contributed by atoms with Crippen molar-refractivity contribution in [3.8, 4) is 11.5 Å². The number of amides is 2. The minimum atomic E-state index is -0.774. The number of ether oxygens (including phenoxy) is 2. The van der Waals surface area contributed by atoms with Crippen LogP contribution >= 0.6 is 0 Å². The van der Waals surface area contributed by atoms with Gasteiger partial charge in [0.15, 0.2) is 6.10 Å². The monoisotopic (exact) mass is 405 g/mol. The van der Waals surface area contributed by atoms with Gasteiger partial charge in [-0.15, -0.1) is 0 Å². The average molecular weight is 405 g/mol. The number of carbonyl (C=O) groups excluding carboxylic acids is 2. The Balaban J connectivity index is 1.64. The van der Waals surface area contributed by atoms with Crippen LogP contribution in [0.2, 0.25) is 0 Å². The van der Waals surface area contributed by atoms with Crippen molar-refractivity contribution in [2.24, 2.45) is 0 Å². The standard InChI is InChI=1S/C23H23N3O4/c1-16(30-19-9-5-8-18(13-19)29-2)22(27)26-21-11-4-3-10-20(21)23(28)25-15-17-7-6-12-24-14-17/h3-14,16H,15H2,1-2H3,(H,25,28)(H,26,27). The van der Waals surface area contributed by atoms with Gasteiger partial charge < -0.3 is 20.1 Å². The first kappa shape index (κ1) is 20.9. The van der Waals surface area contributed by atoms with Crippen LogP contribution in [0.5, 0.6) is 11.5 Å². The molecule has 7 nitrogen and oxygen atoms in total. The number of rotatable bonds is 8. The molecule has 0 spiro atoms. The fourth-order valence-corrected chi connectivity index (χ4v) is 2.74. The third-order valence-electron chi connectivity index (χ3n) is 4.33. The Labute approximate surface area is 175 Å². The number of nitrogens with one attached hydrogen (secondary N) is 2. The minimum Gasteiger partial charge on any atom is -0.497 e. The number of pyridine rings is 1. The van der Waals surface area contributed by atoms with E-state index in [1.54, 1.807) is 81.0 Å². The van der Waals surface area contributed by atoms with E-state index in [2.05, 4.69) is 15.6 Å². The second-order valence-corrected chi connectivity index (χ2v) is 6.52. The van der Waals surface area contributed by atoms with Crippen molar-refractivity contribution in [2.75, 3.05) is 12.4 Å². The first-order chi connectivity index (χ1) is 14.6. The lowest BCUT2D eigenvalue weighted by atomic mass is 10.1. The molecule has 7 heteroatoms. The van der Waals surface area contributed by atoms with Gasteiger partial charge in [-0.1, -0.05) is 24.3 Å². The number of carbonyl (C=O) groups is 2. The Morgan fingerprint density at radius 2 is 1.83 bits per heavy atom. The molecule has 0 aliphatic heterocycles. The highest BCUT2D eigenvalue weighted by Gasteiger charge is 2.18. The van der Waals surface area contributed by atoms with Crippen molar-refractivity contribution in [1.29, 1.82) is 0 Å². The average Bonchev–Trinajstić information content (AvgIpc) is 2.78. The van der Waals surface area contributed by atoms with Gasteiger partial charge in [0.05, 0.1) is 18.4 Å². The van der Waals surface area contributed by atoms with Crippen molar-refractivity contribution >= 4 is 17.5 Å². The van der Waals surface area contributed by atoms with Gasteiger partial charge in [0.1, 0.15) is 11.5 Å². The summed E-state index contributed by atoms with van der Waals surface area (Å²) in [7, 11) is 1.56. The van der Waals surface area contributed by atoms with Crippen LogP contribution in [0.15, 0.2) is 73.1 Å². The van der Waals surface area contributed by atoms with Crippen molar-refractivity contribution < 1.29 is 19.1 Å². The molecular weight excluding hydrogens is 382 g/mol. The lowest BCUT2D eigenvalue weighted by Gasteiger charge is -2.17. The largest absolute Gasteiger partial charge is 0.497 e. The van der Waals surface area contributed by atoms with Crippen LogP contribution in [-0.2, 0) is 11.3 Å². The van der Waals surface area contributed by atoms with Crippen LogP contribution < -0.4 is 20.1 Å². The predicted molar refractivity (Wildman–Crippen MR) is 114 cm³/mol. The molecule has 0 fully saturated rings. The number of methoxy groups -OCH3 is 1. The summed E-state index contributed by atoms with van der Waals surface area (Å²) in [6, 6.07) is 17.5. The minimum absolute atomic E-state index is 0.295. The number of para-hydroxylation sites is 1. The molecule has 0 saturated heterocycles. The SMILES string of the molecule is COc1cccc(OC(C)C(=O)Nc2ccccc2C(=O)NCc2cccnc2)c1. The number of aromatic nitrogens is 1. The van der Waals surface area contributed by atoms with Crippen molar-refractivity contribution in [2.45, 2.75) is 19.6 Å². The van der Waals surface area contributed by atoms with Gasteiger partial charge in [0, 0.05) is 25.0 Å². The molecule has 1 aromatic heterocycles. The Bertz CT molecular complexity index is 1010. The van der Waals surface area contributed by atoms with E-state index in [-0.39, 0.29) is 11.8 Å².